The van der Waals surface area contributed by atoms with Gasteiger partial charge in [0.1, 0.15) is 11.5 Å². The van der Waals surface area contributed by atoms with E-state index in [9.17, 15) is 4.79 Å². The van der Waals surface area contributed by atoms with Gasteiger partial charge < -0.3 is 14.8 Å². The summed E-state index contributed by atoms with van der Waals surface area (Å²) in [7, 11) is 1.59. The first kappa shape index (κ1) is 17.6. The molecule has 0 unspecified atom stereocenters. The minimum Gasteiger partial charge on any atom is -0.497 e. The van der Waals surface area contributed by atoms with E-state index in [-0.39, 0.29) is 12.5 Å². The molecule has 0 aliphatic heterocycles. The summed E-state index contributed by atoms with van der Waals surface area (Å²) in [4.78, 5) is 11.7. The summed E-state index contributed by atoms with van der Waals surface area (Å²) in [6.45, 7) is 0.450. The van der Waals surface area contributed by atoms with E-state index in [2.05, 4.69) is 16.2 Å². The SMILES string of the molecule is COc1ccc(OCC(=O)NNC(=S)NCc2ccccc2)cc1. The third-order valence-corrected chi connectivity index (χ3v) is 3.29. The Bertz CT molecular complexity index is 663. The van der Waals surface area contributed by atoms with Crippen LogP contribution < -0.4 is 25.6 Å². The lowest BCUT2D eigenvalue weighted by Crippen LogP contribution is -2.48. The van der Waals surface area contributed by atoms with Gasteiger partial charge in [0, 0.05) is 6.54 Å². The molecule has 0 saturated heterocycles. The van der Waals surface area contributed by atoms with E-state index >= 15 is 0 Å². The molecular formula is C17H19N3O3S. The molecule has 2 aromatic rings. The molecule has 0 heterocycles. The van der Waals surface area contributed by atoms with Crippen molar-refractivity contribution in [3.63, 3.8) is 0 Å². The van der Waals surface area contributed by atoms with Crippen molar-refractivity contribution in [2.45, 2.75) is 6.54 Å². The van der Waals surface area contributed by atoms with Crippen molar-refractivity contribution in [2.75, 3.05) is 13.7 Å². The zero-order valence-corrected chi connectivity index (χ0v) is 14.1. The zero-order chi connectivity index (χ0) is 17.2. The number of ether oxygens (including phenoxy) is 2. The van der Waals surface area contributed by atoms with Gasteiger partial charge in [0.05, 0.1) is 7.11 Å². The summed E-state index contributed by atoms with van der Waals surface area (Å²) in [5, 5.41) is 3.32. The highest BCUT2D eigenvalue weighted by atomic mass is 32.1. The van der Waals surface area contributed by atoms with Crippen LogP contribution in [0.1, 0.15) is 5.56 Å². The van der Waals surface area contributed by atoms with Crippen LogP contribution in [0.25, 0.3) is 0 Å². The molecule has 0 bridgehead atoms. The van der Waals surface area contributed by atoms with Crippen LogP contribution in [-0.4, -0.2) is 24.7 Å². The van der Waals surface area contributed by atoms with Crippen LogP contribution in [0, 0.1) is 0 Å². The highest BCUT2D eigenvalue weighted by Gasteiger charge is 2.04. The molecule has 0 saturated carbocycles. The lowest BCUT2D eigenvalue weighted by atomic mass is 10.2. The summed E-state index contributed by atoms with van der Waals surface area (Å²) in [5.41, 5.74) is 6.19. The largest absolute Gasteiger partial charge is 0.497 e. The van der Waals surface area contributed by atoms with Crippen LogP contribution >= 0.6 is 12.2 Å². The number of hydrazine groups is 1. The molecule has 126 valence electrons. The molecule has 7 heteroatoms. The number of hydrogen-bond acceptors (Lipinski definition) is 4. The van der Waals surface area contributed by atoms with E-state index in [1.54, 1.807) is 31.4 Å². The molecule has 6 nitrogen and oxygen atoms in total. The first-order valence-electron chi connectivity index (χ1n) is 7.31. The third kappa shape index (κ3) is 6.13. The predicted octanol–water partition coefficient (Wildman–Crippen LogP) is 1.77. The number of methoxy groups -OCH3 is 1. The number of benzene rings is 2. The fourth-order valence-electron chi connectivity index (χ4n) is 1.81. The van der Waals surface area contributed by atoms with Gasteiger partial charge in [-0.25, -0.2) is 0 Å². The molecule has 3 N–H and O–H groups in total. The number of rotatable bonds is 6. The van der Waals surface area contributed by atoms with Crippen LogP contribution in [0.15, 0.2) is 54.6 Å². The summed E-state index contributed by atoms with van der Waals surface area (Å²) in [6, 6.07) is 16.8. The second-order valence-corrected chi connectivity index (χ2v) is 5.21. The molecule has 0 radical (unpaired) electrons. The molecule has 0 aliphatic carbocycles. The van der Waals surface area contributed by atoms with Gasteiger partial charge >= 0.3 is 0 Å². The van der Waals surface area contributed by atoms with Crippen molar-refractivity contribution in [1.29, 1.82) is 0 Å². The molecule has 0 aliphatic rings. The number of hydrogen-bond donors (Lipinski definition) is 3. The number of carbonyl (C=O) groups excluding carboxylic acids is 1. The van der Waals surface area contributed by atoms with E-state index < -0.39 is 0 Å². The van der Waals surface area contributed by atoms with Crippen molar-refractivity contribution in [1.82, 2.24) is 16.2 Å². The van der Waals surface area contributed by atoms with Gasteiger partial charge in [-0.3, -0.25) is 15.6 Å². The standard InChI is InChI=1S/C17H19N3O3S/c1-22-14-7-9-15(10-8-14)23-12-16(21)19-20-17(24)18-11-13-5-3-2-4-6-13/h2-10H,11-12H2,1H3,(H,19,21)(H2,18,20,24). The Labute approximate surface area is 146 Å². The molecule has 0 aromatic heterocycles. The van der Waals surface area contributed by atoms with Crippen LogP contribution in [-0.2, 0) is 11.3 Å². The van der Waals surface area contributed by atoms with Gasteiger partial charge in [0.2, 0.25) is 0 Å². The number of carbonyl (C=O) groups is 1. The summed E-state index contributed by atoms with van der Waals surface area (Å²) in [5.74, 6) is 0.966. The maximum Gasteiger partial charge on any atom is 0.276 e. The van der Waals surface area contributed by atoms with Gasteiger partial charge in [-0.2, -0.15) is 0 Å². The molecule has 2 rings (SSSR count). The summed E-state index contributed by atoms with van der Waals surface area (Å²) < 4.78 is 10.4. The van der Waals surface area contributed by atoms with E-state index in [0.717, 1.165) is 11.3 Å². The Morgan fingerprint density at radius 3 is 2.33 bits per heavy atom. The van der Waals surface area contributed by atoms with Crippen LogP contribution in [0.3, 0.4) is 0 Å². The highest BCUT2D eigenvalue weighted by Crippen LogP contribution is 2.16. The Balaban J connectivity index is 1.64. The average molecular weight is 345 g/mol. The van der Waals surface area contributed by atoms with E-state index in [4.69, 9.17) is 21.7 Å². The topological polar surface area (TPSA) is 71.6 Å². The fraction of sp³-hybridized carbons (Fsp3) is 0.176. The van der Waals surface area contributed by atoms with E-state index in [1.165, 1.54) is 0 Å². The first-order chi connectivity index (χ1) is 11.7. The number of thiocarbonyl (C=S) groups is 1. The monoisotopic (exact) mass is 345 g/mol. The van der Waals surface area contributed by atoms with Crippen molar-refractivity contribution in [3.8, 4) is 11.5 Å². The maximum atomic E-state index is 11.7. The normalized spacial score (nSPS) is 9.71. The molecule has 0 spiro atoms. The van der Waals surface area contributed by atoms with Crippen molar-refractivity contribution < 1.29 is 14.3 Å². The summed E-state index contributed by atoms with van der Waals surface area (Å²) in [6.07, 6.45) is 0. The predicted molar refractivity (Wildman–Crippen MR) is 95.6 cm³/mol. The van der Waals surface area contributed by atoms with Gasteiger partial charge in [-0.15, -0.1) is 0 Å². The summed E-state index contributed by atoms with van der Waals surface area (Å²) >= 11 is 5.09. The molecule has 0 fully saturated rings. The lowest BCUT2D eigenvalue weighted by molar-refractivity contribution is -0.123. The van der Waals surface area contributed by atoms with Crippen molar-refractivity contribution in [3.05, 3.63) is 60.2 Å². The molecule has 2 aromatic carbocycles. The molecule has 1 amide bonds. The first-order valence-corrected chi connectivity index (χ1v) is 7.71. The second-order valence-electron chi connectivity index (χ2n) is 4.81. The van der Waals surface area contributed by atoms with Crippen LogP contribution in [0.2, 0.25) is 0 Å². The number of amides is 1. The van der Waals surface area contributed by atoms with Gasteiger partial charge in [-0.05, 0) is 42.0 Å². The quantitative estimate of drug-likeness (QED) is 0.547. The van der Waals surface area contributed by atoms with E-state index in [1.807, 2.05) is 30.3 Å². The zero-order valence-electron chi connectivity index (χ0n) is 13.2. The smallest absolute Gasteiger partial charge is 0.276 e. The van der Waals surface area contributed by atoms with Gasteiger partial charge in [0.25, 0.3) is 5.91 Å². The van der Waals surface area contributed by atoms with Gasteiger partial charge in [0.15, 0.2) is 11.7 Å². The number of nitrogens with one attached hydrogen (secondary N) is 3. The van der Waals surface area contributed by atoms with Crippen LogP contribution in [0.4, 0.5) is 0 Å². The average Bonchev–Trinajstić information content (AvgIpc) is 2.64. The second kappa shape index (κ2) is 9.36. The van der Waals surface area contributed by atoms with Crippen molar-refractivity contribution >= 4 is 23.2 Å². The minimum atomic E-state index is -0.338. The van der Waals surface area contributed by atoms with Crippen molar-refractivity contribution in [2.24, 2.45) is 0 Å². The Kier molecular flexibility index (Phi) is 6.85. The minimum absolute atomic E-state index is 0.124. The van der Waals surface area contributed by atoms with Crippen LogP contribution in [0.5, 0.6) is 11.5 Å². The highest BCUT2D eigenvalue weighted by molar-refractivity contribution is 7.80. The Morgan fingerprint density at radius 2 is 1.67 bits per heavy atom. The third-order valence-electron chi connectivity index (χ3n) is 3.04. The fourth-order valence-corrected chi connectivity index (χ4v) is 1.93. The lowest BCUT2D eigenvalue weighted by Gasteiger charge is -2.12. The maximum absolute atomic E-state index is 11.7. The Hall–Kier alpha value is -2.80. The molecule has 24 heavy (non-hydrogen) atoms. The molecule has 0 atom stereocenters. The molecular weight excluding hydrogens is 326 g/mol. The van der Waals surface area contributed by atoms with E-state index in [0.29, 0.717) is 17.4 Å². The van der Waals surface area contributed by atoms with Gasteiger partial charge in [-0.1, -0.05) is 30.3 Å². The Morgan fingerprint density at radius 1 is 1.00 bits per heavy atom.